The van der Waals surface area contributed by atoms with Gasteiger partial charge in [-0.1, -0.05) is 29.3 Å². The minimum Gasteiger partial charge on any atom is -0.348 e. The number of hydrogen-bond acceptors (Lipinski definition) is 2. The van der Waals surface area contributed by atoms with E-state index in [4.69, 9.17) is 23.2 Å². The Balaban J connectivity index is 2.51. The van der Waals surface area contributed by atoms with Gasteiger partial charge in [-0.15, -0.1) is 0 Å². The highest BCUT2D eigenvalue weighted by atomic mass is 35.5. The third kappa shape index (κ3) is 4.59. The maximum Gasteiger partial charge on any atom is 0.439 e. The van der Waals surface area contributed by atoms with Crippen molar-refractivity contribution in [2.24, 2.45) is 0 Å². The molecule has 2 N–H and O–H groups in total. The summed E-state index contributed by atoms with van der Waals surface area (Å²) in [6, 6.07) is 8.52. The van der Waals surface area contributed by atoms with E-state index in [-0.39, 0.29) is 10.0 Å². The fourth-order valence-electron chi connectivity index (χ4n) is 2.10. The molecule has 0 saturated carbocycles. The highest BCUT2D eigenvalue weighted by Crippen LogP contribution is 2.43. The van der Waals surface area contributed by atoms with Gasteiger partial charge in [0.15, 0.2) is 0 Å². The quantitative estimate of drug-likeness (QED) is 0.485. The molecule has 0 radical (unpaired) electrons. The van der Waals surface area contributed by atoms with Crippen LogP contribution in [0.5, 0.6) is 0 Å². The lowest BCUT2D eigenvalue weighted by molar-refractivity contribution is -0.294. The van der Waals surface area contributed by atoms with Crippen LogP contribution in [0.3, 0.4) is 0 Å². The van der Waals surface area contributed by atoms with Crippen molar-refractivity contribution in [2.45, 2.75) is 18.0 Å². The Morgan fingerprint density at radius 3 is 1.85 bits per heavy atom. The van der Waals surface area contributed by atoms with Crippen LogP contribution >= 0.6 is 23.2 Å². The molecule has 0 spiro atoms. The Morgan fingerprint density at radius 1 is 0.815 bits per heavy atom. The molecule has 27 heavy (non-hydrogen) atoms. The number of nitrogens with one attached hydrogen (secondary N) is 2. The SMILES string of the molecule is O=C(NC(Nc1ccc(Cl)cc1)(C(F)(F)F)C(F)(F)F)c1cccc(Cl)c1. The van der Waals surface area contributed by atoms with Crippen LogP contribution in [0, 0.1) is 0 Å². The van der Waals surface area contributed by atoms with E-state index in [1.165, 1.54) is 17.4 Å². The Bertz CT molecular complexity index is 807. The molecule has 146 valence electrons. The van der Waals surface area contributed by atoms with Crippen molar-refractivity contribution in [3.8, 4) is 0 Å². The average Bonchev–Trinajstić information content (AvgIpc) is 2.54. The molecule has 2 aromatic rings. The van der Waals surface area contributed by atoms with Crippen molar-refractivity contribution < 1.29 is 31.1 Å². The molecule has 0 bridgehead atoms. The zero-order chi connectivity index (χ0) is 20.5. The molecular formula is C16H10Cl2F6N2O. The molecule has 11 heteroatoms. The summed E-state index contributed by atoms with van der Waals surface area (Å²) in [5.74, 6) is -1.62. The molecule has 0 atom stereocenters. The van der Waals surface area contributed by atoms with Gasteiger partial charge in [0.2, 0.25) is 0 Å². The first-order valence-corrected chi connectivity index (χ1v) is 7.86. The fraction of sp³-hybridized carbons (Fsp3) is 0.188. The lowest BCUT2D eigenvalue weighted by Crippen LogP contribution is -2.72. The molecule has 0 heterocycles. The highest BCUT2D eigenvalue weighted by Gasteiger charge is 2.72. The van der Waals surface area contributed by atoms with Crippen LogP contribution in [0.2, 0.25) is 10.0 Å². The van der Waals surface area contributed by atoms with Gasteiger partial charge in [0.25, 0.3) is 5.91 Å². The third-order valence-electron chi connectivity index (χ3n) is 3.41. The molecule has 0 aliphatic rings. The monoisotopic (exact) mass is 430 g/mol. The molecule has 0 unspecified atom stereocenters. The second-order valence-corrected chi connectivity index (χ2v) is 6.21. The molecule has 0 aromatic heterocycles. The zero-order valence-corrected chi connectivity index (χ0v) is 14.6. The van der Waals surface area contributed by atoms with Crippen LogP contribution in [0.25, 0.3) is 0 Å². The van der Waals surface area contributed by atoms with Crippen LogP contribution in [-0.4, -0.2) is 23.9 Å². The van der Waals surface area contributed by atoms with E-state index in [2.05, 4.69) is 0 Å². The van der Waals surface area contributed by atoms with Crippen LogP contribution in [0.1, 0.15) is 10.4 Å². The molecule has 3 nitrogen and oxygen atoms in total. The maximum atomic E-state index is 13.5. The Morgan fingerprint density at radius 2 is 1.37 bits per heavy atom. The first-order valence-electron chi connectivity index (χ1n) is 7.11. The van der Waals surface area contributed by atoms with Gasteiger partial charge in [-0.2, -0.15) is 26.3 Å². The van der Waals surface area contributed by atoms with Gasteiger partial charge in [-0.05, 0) is 42.5 Å². The van der Waals surface area contributed by atoms with E-state index in [0.717, 1.165) is 41.7 Å². The van der Waals surface area contributed by atoms with E-state index < -0.39 is 35.2 Å². The summed E-state index contributed by atoms with van der Waals surface area (Å²) in [6.45, 7) is 0. The Kier molecular flexibility index (Phi) is 5.86. The average molecular weight is 431 g/mol. The molecule has 0 fully saturated rings. The lowest BCUT2D eigenvalue weighted by Gasteiger charge is -2.39. The number of carbonyl (C=O) groups is 1. The minimum atomic E-state index is -5.93. The summed E-state index contributed by atoms with van der Waals surface area (Å²) in [5.41, 5.74) is -5.77. The number of amides is 1. The van der Waals surface area contributed by atoms with Crippen molar-refractivity contribution in [3.63, 3.8) is 0 Å². The second kappa shape index (κ2) is 7.47. The van der Waals surface area contributed by atoms with E-state index in [1.807, 2.05) is 0 Å². The van der Waals surface area contributed by atoms with Crippen LogP contribution < -0.4 is 10.6 Å². The first-order chi connectivity index (χ1) is 12.4. The minimum absolute atomic E-state index is 0.0297. The number of anilines is 1. The van der Waals surface area contributed by atoms with Gasteiger partial charge >= 0.3 is 18.0 Å². The summed E-state index contributed by atoms with van der Waals surface area (Å²) < 4.78 is 81.3. The van der Waals surface area contributed by atoms with Crippen molar-refractivity contribution in [2.75, 3.05) is 5.32 Å². The van der Waals surface area contributed by atoms with E-state index >= 15 is 0 Å². The Hall–Kier alpha value is -2.13. The maximum absolute atomic E-state index is 13.5. The molecule has 1 amide bonds. The zero-order valence-electron chi connectivity index (χ0n) is 13.1. The number of alkyl halides is 6. The number of hydrogen-bond donors (Lipinski definition) is 2. The van der Waals surface area contributed by atoms with Crippen molar-refractivity contribution in [3.05, 3.63) is 64.1 Å². The second-order valence-electron chi connectivity index (χ2n) is 5.34. The number of halogens is 8. The van der Waals surface area contributed by atoms with Crippen molar-refractivity contribution >= 4 is 34.8 Å². The van der Waals surface area contributed by atoms with Crippen LogP contribution in [-0.2, 0) is 0 Å². The van der Waals surface area contributed by atoms with Crippen LogP contribution in [0.15, 0.2) is 48.5 Å². The standard InChI is InChI=1S/C16H10Cl2F6N2O/c17-10-4-6-12(7-5-10)25-14(15(19,20)21,16(22,23)24)26-13(27)9-2-1-3-11(18)8-9/h1-8,25H,(H,26,27). The fourth-order valence-corrected chi connectivity index (χ4v) is 2.41. The van der Waals surface area contributed by atoms with Gasteiger partial charge in [-0.3, -0.25) is 4.79 Å². The number of benzene rings is 2. The lowest BCUT2D eigenvalue weighted by atomic mass is 10.1. The van der Waals surface area contributed by atoms with Gasteiger partial charge < -0.3 is 10.6 Å². The molecule has 0 saturated heterocycles. The summed E-state index contributed by atoms with van der Waals surface area (Å²) in [4.78, 5) is 12.1. The number of rotatable bonds is 4. The van der Waals surface area contributed by atoms with Crippen molar-refractivity contribution in [1.29, 1.82) is 0 Å². The Labute approximate surface area is 159 Å². The summed E-state index contributed by atoms with van der Waals surface area (Å²) >= 11 is 11.2. The molecule has 2 rings (SSSR count). The predicted octanol–water partition coefficient (Wildman–Crippen LogP) is 5.66. The first kappa shape index (κ1) is 21.2. The van der Waals surface area contributed by atoms with Crippen LogP contribution in [0.4, 0.5) is 32.0 Å². The summed E-state index contributed by atoms with van der Waals surface area (Å²) in [7, 11) is 0. The van der Waals surface area contributed by atoms with Gasteiger partial charge in [0, 0.05) is 21.3 Å². The van der Waals surface area contributed by atoms with Gasteiger partial charge in [0.1, 0.15) is 0 Å². The van der Waals surface area contributed by atoms with E-state index in [0.29, 0.717) is 0 Å². The predicted molar refractivity (Wildman–Crippen MR) is 88.8 cm³/mol. The van der Waals surface area contributed by atoms with E-state index in [9.17, 15) is 31.1 Å². The summed E-state index contributed by atoms with van der Waals surface area (Å²) in [6.07, 6.45) is -11.9. The third-order valence-corrected chi connectivity index (χ3v) is 3.90. The molecule has 2 aromatic carbocycles. The topological polar surface area (TPSA) is 41.1 Å². The largest absolute Gasteiger partial charge is 0.439 e. The summed E-state index contributed by atoms with van der Waals surface area (Å²) in [5, 5.41) is 2.44. The van der Waals surface area contributed by atoms with Gasteiger partial charge in [-0.25, -0.2) is 0 Å². The highest BCUT2D eigenvalue weighted by molar-refractivity contribution is 6.31. The van der Waals surface area contributed by atoms with Gasteiger partial charge in [0.05, 0.1) is 0 Å². The number of carbonyl (C=O) groups excluding carboxylic acids is 1. The van der Waals surface area contributed by atoms with E-state index in [1.54, 1.807) is 0 Å². The molecule has 0 aliphatic heterocycles. The smallest absolute Gasteiger partial charge is 0.348 e. The normalized spacial score (nSPS) is 12.6. The van der Waals surface area contributed by atoms with Crippen molar-refractivity contribution in [1.82, 2.24) is 5.32 Å². The molecular weight excluding hydrogens is 421 g/mol. The molecule has 0 aliphatic carbocycles.